The van der Waals surface area contributed by atoms with Gasteiger partial charge in [0.2, 0.25) is 11.7 Å². The van der Waals surface area contributed by atoms with Crippen molar-refractivity contribution in [3.63, 3.8) is 0 Å². The number of fused-ring (bicyclic) bond motifs is 1. The Labute approximate surface area is 162 Å². The lowest BCUT2D eigenvalue weighted by molar-refractivity contribution is 0.0763. The molecule has 0 unspecified atom stereocenters. The van der Waals surface area contributed by atoms with Crippen molar-refractivity contribution >= 4 is 5.91 Å². The van der Waals surface area contributed by atoms with E-state index in [9.17, 15) is 9.18 Å². The third-order valence-corrected chi connectivity index (χ3v) is 4.77. The van der Waals surface area contributed by atoms with E-state index in [4.69, 9.17) is 4.74 Å². The molecule has 28 heavy (non-hydrogen) atoms. The fourth-order valence-electron chi connectivity index (χ4n) is 3.39. The Kier molecular flexibility index (Phi) is 4.81. The molecule has 4 rings (SSSR count). The molecule has 1 aliphatic rings. The number of rotatable bonds is 6. The van der Waals surface area contributed by atoms with Gasteiger partial charge in [0.1, 0.15) is 0 Å². The van der Waals surface area contributed by atoms with Crippen molar-refractivity contribution < 1.29 is 13.9 Å². The van der Waals surface area contributed by atoms with Gasteiger partial charge in [-0.1, -0.05) is 19.4 Å². The number of carbonyl (C=O) groups is 1. The van der Waals surface area contributed by atoms with Crippen LogP contribution in [0.4, 0.5) is 4.39 Å². The van der Waals surface area contributed by atoms with E-state index in [0.29, 0.717) is 36.2 Å². The van der Waals surface area contributed by atoms with Crippen LogP contribution in [0.5, 0.6) is 11.6 Å². The van der Waals surface area contributed by atoms with E-state index >= 15 is 0 Å². The summed E-state index contributed by atoms with van der Waals surface area (Å²) < 4.78 is 22.0. The molecule has 0 aliphatic carbocycles. The molecular weight excluding hydrogens is 359 g/mol. The van der Waals surface area contributed by atoms with Crippen LogP contribution in [0.1, 0.15) is 36.1 Å². The minimum atomic E-state index is -0.495. The Balaban J connectivity index is 1.63. The molecule has 0 bridgehead atoms. The number of amides is 1. The largest absolute Gasteiger partial charge is 0.436 e. The van der Waals surface area contributed by atoms with Crippen LogP contribution in [-0.4, -0.2) is 31.9 Å². The number of aromatic nitrogens is 3. The summed E-state index contributed by atoms with van der Waals surface area (Å²) in [7, 11) is 0. The van der Waals surface area contributed by atoms with Gasteiger partial charge in [0.25, 0.3) is 5.91 Å². The molecule has 0 fully saturated rings. The maximum atomic E-state index is 14.7. The van der Waals surface area contributed by atoms with E-state index in [2.05, 4.69) is 16.9 Å². The van der Waals surface area contributed by atoms with Gasteiger partial charge < -0.3 is 14.2 Å². The fourth-order valence-corrected chi connectivity index (χ4v) is 3.39. The molecule has 3 heterocycles. The van der Waals surface area contributed by atoms with E-state index in [-0.39, 0.29) is 11.7 Å². The predicted molar refractivity (Wildman–Crippen MR) is 103 cm³/mol. The van der Waals surface area contributed by atoms with Crippen molar-refractivity contribution in [3.8, 4) is 22.9 Å². The number of unbranched alkanes of at least 4 members (excludes halogenated alkanes) is 1. The topological polar surface area (TPSA) is 60.3 Å². The highest BCUT2D eigenvalue weighted by atomic mass is 19.1. The van der Waals surface area contributed by atoms with E-state index in [1.807, 2.05) is 11.5 Å². The fraction of sp³-hybridized carbons (Fsp3) is 0.286. The third kappa shape index (κ3) is 3.24. The van der Waals surface area contributed by atoms with Gasteiger partial charge in [-0.2, -0.15) is 0 Å². The third-order valence-electron chi connectivity index (χ3n) is 4.77. The zero-order valence-corrected chi connectivity index (χ0v) is 15.9. The van der Waals surface area contributed by atoms with Crippen molar-refractivity contribution in [1.29, 1.82) is 0 Å². The second kappa shape index (κ2) is 7.42. The van der Waals surface area contributed by atoms with Gasteiger partial charge in [-0.05, 0) is 37.6 Å². The van der Waals surface area contributed by atoms with Gasteiger partial charge in [-0.25, -0.2) is 14.4 Å². The molecule has 7 heteroatoms. The van der Waals surface area contributed by atoms with Crippen molar-refractivity contribution in [3.05, 3.63) is 59.9 Å². The summed E-state index contributed by atoms with van der Waals surface area (Å²) in [6.45, 7) is 5.06. The van der Waals surface area contributed by atoms with E-state index < -0.39 is 5.82 Å². The molecule has 2 aromatic heterocycles. The number of carbonyl (C=O) groups excluding carboxylic acids is 1. The van der Waals surface area contributed by atoms with Gasteiger partial charge in [0.05, 0.1) is 18.1 Å². The van der Waals surface area contributed by atoms with Gasteiger partial charge >= 0.3 is 0 Å². The molecule has 6 nitrogen and oxygen atoms in total. The maximum Gasteiger partial charge on any atom is 0.291 e. The SMILES string of the molecule is CCCCN1Cn2c(nc(C)c2-c2ccc(Oc3ccccn3)c(F)c2)C1=O. The van der Waals surface area contributed by atoms with Gasteiger partial charge in [0, 0.05) is 24.4 Å². The van der Waals surface area contributed by atoms with Crippen LogP contribution in [0.25, 0.3) is 11.3 Å². The zero-order chi connectivity index (χ0) is 19.7. The first-order valence-corrected chi connectivity index (χ1v) is 9.33. The Morgan fingerprint density at radius 3 is 2.82 bits per heavy atom. The average molecular weight is 380 g/mol. The summed E-state index contributed by atoms with van der Waals surface area (Å²) in [6, 6.07) is 9.96. The Bertz CT molecular complexity index is 1020. The summed E-state index contributed by atoms with van der Waals surface area (Å²) in [5.74, 6) is 0.274. The predicted octanol–water partition coefficient (Wildman–Crippen LogP) is 4.40. The number of halogens is 1. The zero-order valence-electron chi connectivity index (χ0n) is 15.9. The van der Waals surface area contributed by atoms with Crippen LogP contribution in [-0.2, 0) is 6.67 Å². The lowest BCUT2D eigenvalue weighted by Crippen LogP contribution is -2.26. The Hall–Kier alpha value is -3.22. The lowest BCUT2D eigenvalue weighted by atomic mass is 10.1. The molecule has 3 aromatic rings. The smallest absolute Gasteiger partial charge is 0.291 e. The Morgan fingerprint density at radius 1 is 1.25 bits per heavy atom. The number of aryl methyl sites for hydroxylation is 1. The second-order valence-corrected chi connectivity index (χ2v) is 6.78. The van der Waals surface area contributed by atoms with Gasteiger partial charge in [-0.15, -0.1) is 0 Å². The number of hydrogen-bond donors (Lipinski definition) is 0. The molecule has 1 aromatic carbocycles. The van der Waals surface area contributed by atoms with Crippen LogP contribution in [0.3, 0.4) is 0 Å². The van der Waals surface area contributed by atoms with E-state index in [1.165, 1.54) is 6.07 Å². The second-order valence-electron chi connectivity index (χ2n) is 6.78. The van der Waals surface area contributed by atoms with Crippen molar-refractivity contribution in [2.75, 3.05) is 6.54 Å². The Morgan fingerprint density at radius 2 is 2.11 bits per heavy atom. The maximum absolute atomic E-state index is 14.7. The molecule has 0 saturated carbocycles. The normalized spacial score (nSPS) is 13.1. The summed E-state index contributed by atoms with van der Waals surface area (Å²) in [5.41, 5.74) is 2.12. The molecule has 0 N–H and O–H groups in total. The molecule has 0 atom stereocenters. The van der Waals surface area contributed by atoms with Crippen LogP contribution in [0.2, 0.25) is 0 Å². The highest BCUT2D eigenvalue weighted by Crippen LogP contribution is 2.33. The molecule has 1 amide bonds. The first-order valence-electron chi connectivity index (χ1n) is 9.33. The van der Waals surface area contributed by atoms with E-state index in [1.54, 1.807) is 41.4 Å². The minimum Gasteiger partial charge on any atom is -0.436 e. The van der Waals surface area contributed by atoms with Crippen molar-refractivity contribution in [2.45, 2.75) is 33.4 Å². The molecule has 0 spiro atoms. The minimum absolute atomic E-state index is 0.0709. The number of imidazole rings is 1. The van der Waals surface area contributed by atoms with Crippen molar-refractivity contribution in [2.24, 2.45) is 0 Å². The number of benzene rings is 1. The number of hydrogen-bond acceptors (Lipinski definition) is 4. The highest BCUT2D eigenvalue weighted by Gasteiger charge is 2.32. The quantitative estimate of drug-likeness (QED) is 0.636. The lowest BCUT2D eigenvalue weighted by Gasteiger charge is -2.16. The summed E-state index contributed by atoms with van der Waals surface area (Å²) in [4.78, 5) is 22.8. The van der Waals surface area contributed by atoms with Crippen LogP contribution in [0.15, 0.2) is 42.6 Å². The van der Waals surface area contributed by atoms with Gasteiger partial charge in [0.15, 0.2) is 11.6 Å². The standard InChI is InChI=1S/C21H21FN4O2/c1-3-4-11-25-13-26-19(14(2)24-20(26)21(25)27)15-8-9-17(16(22)12-15)28-18-7-5-6-10-23-18/h5-10,12H,3-4,11,13H2,1-2H3. The van der Waals surface area contributed by atoms with Crippen LogP contribution in [0, 0.1) is 12.7 Å². The first-order chi connectivity index (χ1) is 13.6. The molecule has 1 aliphatic heterocycles. The number of pyridine rings is 1. The molecule has 0 radical (unpaired) electrons. The molecule has 144 valence electrons. The summed E-state index contributed by atoms with van der Waals surface area (Å²) in [5, 5.41) is 0. The number of nitrogens with zero attached hydrogens (tertiary/aromatic N) is 4. The van der Waals surface area contributed by atoms with Crippen molar-refractivity contribution in [1.82, 2.24) is 19.4 Å². The molecule has 0 saturated heterocycles. The average Bonchev–Trinajstić information content (AvgIpc) is 3.17. The summed E-state index contributed by atoms with van der Waals surface area (Å²) in [6.07, 6.45) is 3.54. The summed E-state index contributed by atoms with van der Waals surface area (Å²) >= 11 is 0. The highest BCUT2D eigenvalue weighted by molar-refractivity contribution is 5.94. The first kappa shape index (κ1) is 18.2. The van der Waals surface area contributed by atoms with Gasteiger partial charge in [-0.3, -0.25) is 4.79 Å². The molecular formula is C21H21FN4O2. The van der Waals surface area contributed by atoms with Crippen LogP contribution < -0.4 is 4.74 Å². The number of ether oxygens (including phenoxy) is 1. The van der Waals surface area contributed by atoms with E-state index in [0.717, 1.165) is 18.5 Å². The van der Waals surface area contributed by atoms with Crippen LogP contribution >= 0.6 is 0 Å². The monoisotopic (exact) mass is 380 g/mol.